The molecule has 0 bridgehead atoms. The highest BCUT2D eigenvalue weighted by Gasteiger charge is 2.17. The Morgan fingerprint density at radius 3 is 2.53 bits per heavy atom. The maximum atomic E-state index is 6.08. The predicted octanol–water partition coefficient (Wildman–Crippen LogP) is 3.96. The molecule has 2 N–H and O–H groups in total. The van der Waals surface area contributed by atoms with Gasteiger partial charge in [0.15, 0.2) is 0 Å². The summed E-state index contributed by atoms with van der Waals surface area (Å²) in [5.74, 6) is 0.692. The van der Waals surface area contributed by atoms with Crippen LogP contribution in [0.1, 0.15) is 49.1 Å². The average molecular weight is 201 g/mol. The SMILES string of the molecule is C=Cc1ccc(C2CCCCC2)c(N)c1. The van der Waals surface area contributed by atoms with Gasteiger partial charge in [0.05, 0.1) is 0 Å². The second-order valence-corrected chi connectivity index (χ2v) is 4.43. The van der Waals surface area contributed by atoms with Crippen molar-refractivity contribution in [2.75, 3.05) is 5.73 Å². The Balaban J connectivity index is 2.23. The van der Waals surface area contributed by atoms with Crippen molar-refractivity contribution in [2.24, 2.45) is 0 Å². The average Bonchev–Trinajstić information content (AvgIpc) is 2.30. The zero-order chi connectivity index (χ0) is 10.7. The molecule has 0 amide bonds. The molecule has 1 saturated carbocycles. The summed E-state index contributed by atoms with van der Waals surface area (Å²) in [6.45, 7) is 3.76. The molecule has 0 saturated heterocycles. The van der Waals surface area contributed by atoms with Crippen molar-refractivity contribution in [3.63, 3.8) is 0 Å². The van der Waals surface area contributed by atoms with Crippen LogP contribution in [0.2, 0.25) is 0 Å². The third-order valence-electron chi connectivity index (χ3n) is 3.39. The van der Waals surface area contributed by atoms with Gasteiger partial charge in [0.1, 0.15) is 0 Å². The summed E-state index contributed by atoms with van der Waals surface area (Å²) < 4.78 is 0. The maximum Gasteiger partial charge on any atom is 0.0355 e. The minimum absolute atomic E-state index is 0.692. The van der Waals surface area contributed by atoms with Crippen molar-refractivity contribution in [1.82, 2.24) is 0 Å². The molecule has 15 heavy (non-hydrogen) atoms. The van der Waals surface area contributed by atoms with E-state index in [1.54, 1.807) is 0 Å². The number of hydrogen-bond donors (Lipinski definition) is 1. The topological polar surface area (TPSA) is 26.0 Å². The first-order valence-electron chi connectivity index (χ1n) is 5.83. The molecule has 1 aliphatic rings. The van der Waals surface area contributed by atoms with Gasteiger partial charge in [-0.15, -0.1) is 0 Å². The van der Waals surface area contributed by atoms with Gasteiger partial charge in [-0.25, -0.2) is 0 Å². The number of nitrogen functional groups attached to an aromatic ring is 1. The summed E-state index contributed by atoms with van der Waals surface area (Å²) in [7, 11) is 0. The van der Waals surface area contributed by atoms with Crippen molar-refractivity contribution in [3.8, 4) is 0 Å². The highest BCUT2D eigenvalue weighted by molar-refractivity contribution is 5.58. The van der Waals surface area contributed by atoms with E-state index in [0.29, 0.717) is 5.92 Å². The quantitative estimate of drug-likeness (QED) is 0.720. The molecule has 2 rings (SSSR count). The first-order chi connectivity index (χ1) is 7.31. The lowest BCUT2D eigenvalue weighted by atomic mass is 9.83. The molecule has 80 valence electrons. The zero-order valence-electron chi connectivity index (χ0n) is 9.21. The Bertz CT molecular complexity index is 348. The third kappa shape index (κ3) is 2.23. The van der Waals surface area contributed by atoms with Crippen molar-refractivity contribution in [1.29, 1.82) is 0 Å². The van der Waals surface area contributed by atoms with E-state index >= 15 is 0 Å². The second-order valence-electron chi connectivity index (χ2n) is 4.43. The number of rotatable bonds is 2. The fourth-order valence-corrected chi connectivity index (χ4v) is 2.51. The van der Waals surface area contributed by atoms with E-state index in [0.717, 1.165) is 11.3 Å². The zero-order valence-corrected chi connectivity index (χ0v) is 9.21. The maximum absolute atomic E-state index is 6.08. The molecule has 0 unspecified atom stereocenters. The van der Waals surface area contributed by atoms with Crippen molar-refractivity contribution in [2.45, 2.75) is 38.0 Å². The Labute approximate surface area is 92.0 Å². The Morgan fingerprint density at radius 1 is 1.20 bits per heavy atom. The largest absolute Gasteiger partial charge is 0.398 e. The monoisotopic (exact) mass is 201 g/mol. The summed E-state index contributed by atoms with van der Waals surface area (Å²) in [6.07, 6.45) is 8.55. The molecule has 1 heteroatoms. The fourth-order valence-electron chi connectivity index (χ4n) is 2.51. The van der Waals surface area contributed by atoms with Crippen LogP contribution in [0.15, 0.2) is 24.8 Å². The van der Waals surface area contributed by atoms with E-state index in [9.17, 15) is 0 Å². The minimum atomic E-state index is 0.692. The molecule has 0 atom stereocenters. The Morgan fingerprint density at radius 2 is 1.93 bits per heavy atom. The van der Waals surface area contributed by atoms with Crippen LogP contribution in [0, 0.1) is 0 Å². The van der Waals surface area contributed by atoms with Gasteiger partial charge in [0, 0.05) is 5.69 Å². The van der Waals surface area contributed by atoms with E-state index < -0.39 is 0 Å². The number of nitrogens with two attached hydrogens (primary N) is 1. The molecule has 1 fully saturated rings. The highest BCUT2D eigenvalue weighted by Crippen LogP contribution is 2.35. The van der Waals surface area contributed by atoms with Crippen LogP contribution in [0.4, 0.5) is 5.69 Å². The van der Waals surface area contributed by atoms with Crippen LogP contribution in [-0.2, 0) is 0 Å². The first kappa shape index (κ1) is 10.3. The Hall–Kier alpha value is -1.24. The number of benzene rings is 1. The van der Waals surface area contributed by atoms with Crippen LogP contribution in [0.5, 0.6) is 0 Å². The smallest absolute Gasteiger partial charge is 0.0355 e. The molecule has 1 aliphatic carbocycles. The number of hydrogen-bond acceptors (Lipinski definition) is 1. The standard InChI is InChI=1S/C14H19N/c1-2-11-8-9-13(14(15)10-11)12-6-4-3-5-7-12/h2,8-10,12H,1,3-7,15H2. The van der Waals surface area contributed by atoms with Crippen LogP contribution < -0.4 is 5.73 Å². The fraction of sp³-hybridized carbons (Fsp3) is 0.429. The first-order valence-corrected chi connectivity index (χ1v) is 5.83. The summed E-state index contributed by atoms with van der Waals surface area (Å²) >= 11 is 0. The molecule has 1 nitrogen and oxygen atoms in total. The van der Waals surface area contributed by atoms with E-state index in [-0.39, 0.29) is 0 Å². The lowest BCUT2D eigenvalue weighted by Crippen LogP contribution is -2.07. The van der Waals surface area contributed by atoms with E-state index in [2.05, 4.69) is 18.7 Å². The second kappa shape index (κ2) is 4.52. The molecular weight excluding hydrogens is 182 g/mol. The van der Waals surface area contributed by atoms with Gasteiger partial charge in [0.2, 0.25) is 0 Å². The van der Waals surface area contributed by atoms with Crippen molar-refractivity contribution < 1.29 is 0 Å². The predicted molar refractivity (Wildman–Crippen MR) is 66.8 cm³/mol. The van der Waals surface area contributed by atoms with Crippen molar-refractivity contribution >= 4 is 11.8 Å². The van der Waals surface area contributed by atoms with Crippen LogP contribution >= 0.6 is 0 Å². The molecular formula is C14H19N. The van der Waals surface area contributed by atoms with Gasteiger partial charge < -0.3 is 5.73 Å². The molecule has 0 aliphatic heterocycles. The number of anilines is 1. The summed E-state index contributed by atoms with van der Waals surface area (Å²) in [5, 5.41) is 0. The molecule has 0 radical (unpaired) electrons. The third-order valence-corrected chi connectivity index (χ3v) is 3.39. The van der Waals surface area contributed by atoms with Gasteiger partial charge in [-0.3, -0.25) is 0 Å². The van der Waals surface area contributed by atoms with E-state index in [1.807, 2.05) is 12.1 Å². The normalized spacial score (nSPS) is 17.6. The molecule has 1 aromatic carbocycles. The van der Waals surface area contributed by atoms with E-state index in [4.69, 9.17) is 5.73 Å². The van der Waals surface area contributed by atoms with Crippen LogP contribution in [0.25, 0.3) is 6.08 Å². The van der Waals surface area contributed by atoms with Gasteiger partial charge in [-0.2, -0.15) is 0 Å². The molecule has 0 spiro atoms. The minimum Gasteiger partial charge on any atom is -0.398 e. The molecule has 0 heterocycles. The summed E-state index contributed by atoms with van der Waals surface area (Å²) in [5.41, 5.74) is 9.49. The molecule has 1 aromatic rings. The van der Waals surface area contributed by atoms with Crippen molar-refractivity contribution in [3.05, 3.63) is 35.9 Å². The highest BCUT2D eigenvalue weighted by atomic mass is 14.6. The van der Waals surface area contributed by atoms with Gasteiger partial charge in [-0.05, 0) is 36.0 Å². The van der Waals surface area contributed by atoms with Gasteiger partial charge in [0.25, 0.3) is 0 Å². The van der Waals surface area contributed by atoms with E-state index in [1.165, 1.54) is 37.7 Å². The summed E-state index contributed by atoms with van der Waals surface area (Å²) in [6, 6.07) is 6.34. The van der Waals surface area contributed by atoms with Gasteiger partial charge in [-0.1, -0.05) is 44.1 Å². The lowest BCUT2D eigenvalue weighted by molar-refractivity contribution is 0.444. The Kier molecular flexibility index (Phi) is 3.10. The van der Waals surface area contributed by atoms with Gasteiger partial charge >= 0.3 is 0 Å². The van der Waals surface area contributed by atoms with Crippen LogP contribution in [0.3, 0.4) is 0 Å². The summed E-state index contributed by atoms with van der Waals surface area (Å²) in [4.78, 5) is 0. The van der Waals surface area contributed by atoms with Crippen LogP contribution in [-0.4, -0.2) is 0 Å². The lowest BCUT2D eigenvalue weighted by Gasteiger charge is -2.23. The molecule has 0 aromatic heterocycles.